The zero-order valence-corrected chi connectivity index (χ0v) is 24.3. The molecule has 6 rings (SSSR count). The van der Waals surface area contributed by atoms with Crippen molar-refractivity contribution in [3.63, 3.8) is 0 Å². The molecule has 2 aliphatic heterocycles. The van der Waals surface area contributed by atoms with Gasteiger partial charge < -0.3 is 51.2 Å². The van der Waals surface area contributed by atoms with Gasteiger partial charge in [0, 0.05) is 0 Å². The first-order chi connectivity index (χ1) is 21.4. The standard InChI is InChI=1S/C20H25N10O11P.HO2P/c21-14-8-15(24-3-23-14)29(4-25-8)18-12(34)10(32)7(40-18)2-38-42(36,37)41-13-11(33)6(1-31)39-19(13)30-5-26-9-16(30)27-20(22)28-17(9)35;1-3-2/h3-7,10-13,18-19,31-34H,1-2H2,(H,36,37)(H2,21,23,24)(H3,22,27,28,35);(H,1,2)/t6-,7-,10-,11+,12-,13-,18-,19-;/m1./s1. The number of aromatic amines is 1. The van der Waals surface area contributed by atoms with Crippen LogP contribution in [0.4, 0.5) is 11.8 Å². The van der Waals surface area contributed by atoms with Crippen LogP contribution in [0.2, 0.25) is 0 Å². The van der Waals surface area contributed by atoms with Crippen LogP contribution in [0.15, 0.2) is 23.8 Å². The van der Waals surface area contributed by atoms with Crippen LogP contribution in [0.3, 0.4) is 0 Å². The van der Waals surface area contributed by atoms with Crippen molar-refractivity contribution in [2.45, 2.75) is 49.1 Å². The molecule has 25 heteroatoms. The number of aliphatic hydroxyl groups is 4. The van der Waals surface area contributed by atoms with Gasteiger partial charge in [-0.2, -0.15) is 4.98 Å². The van der Waals surface area contributed by atoms with Crippen LogP contribution >= 0.6 is 16.5 Å². The molecule has 45 heavy (non-hydrogen) atoms. The number of rotatable bonds is 8. The number of hydrogen-bond acceptors (Lipinski definition) is 18. The summed E-state index contributed by atoms with van der Waals surface area (Å²) >= 11 is 0. The molecule has 244 valence electrons. The van der Waals surface area contributed by atoms with Crippen LogP contribution in [0.25, 0.3) is 22.3 Å². The summed E-state index contributed by atoms with van der Waals surface area (Å²) in [6, 6.07) is 0. The zero-order valence-electron chi connectivity index (χ0n) is 22.5. The van der Waals surface area contributed by atoms with Crippen LogP contribution in [0.5, 0.6) is 0 Å². The van der Waals surface area contributed by atoms with Crippen LogP contribution in [-0.4, -0.2) is 119 Å². The Morgan fingerprint density at radius 3 is 2.31 bits per heavy atom. The number of phosphoric acid groups is 1. The lowest BCUT2D eigenvalue weighted by molar-refractivity contribution is -0.0615. The van der Waals surface area contributed by atoms with Crippen molar-refractivity contribution in [2.75, 3.05) is 24.7 Å². The van der Waals surface area contributed by atoms with E-state index in [1.807, 2.05) is 0 Å². The number of ether oxygens (including phenoxy) is 2. The summed E-state index contributed by atoms with van der Waals surface area (Å²) in [5, 5.41) is 41.5. The number of H-pyrrole nitrogens is 1. The highest BCUT2D eigenvalue weighted by molar-refractivity contribution is 7.47. The van der Waals surface area contributed by atoms with Gasteiger partial charge in [0.2, 0.25) is 5.95 Å². The number of nitrogen functional groups attached to an aromatic ring is 2. The minimum Gasteiger partial charge on any atom is -0.394 e. The highest BCUT2D eigenvalue weighted by Crippen LogP contribution is 2.50. The van der Waals surface area contributed by atoms with Crippen molar-refractivity contribution in [3.05, 3.63) is 29.3 Å². The van der Waals surface area contributed by atoms with E-state index in [9.17, 15) is 34.7 Å². The molecule has 0 bridgehead atoms. The number of aromatic nitrogens is 8. The molecule has 0 radical (unpaired) electrons. The van der Waals surface area contributed by atoms with Gasteiger partial charge in [-0.05, 0) is 0 Å². The minimum atomic E-state index is -5.06. The van der Waals surface area contributed by atoms with Gasteiger partial charge in [-0.1, -0.05) is 0 Å². The van der Waals surface area contributed by atoms with Crippen molar-refractivity contribution in [2.24, 2.45) is 0 Å². The molecular weight excluding hydrogens is 650 g/mol. The predicted octanol–water partition coefficient (Wildman–Crippen LogP) is -3.32. The van der Waals surface area contributed by atoms with E-state index in [4.69, 9.17) is 39.4 Å². The summed E-state index contributed by atoms with van der Waals surface area (Å²) in [5.41, 5.74) is 11.0. The monoisotopic (exact) mass is 676 g/mol. The summed E-state index contributed by atoms with van der Waals surface area (Å²) in [4.78, 5) is 51.9. The average molecular weight is 676 g/mol. The molecule has 4 aromatic heterocycles. The van der Waals surface area contributed by atoms with Crippen molar-refractivity contribution < 1.29 is 57.9 Å². The molecule has 11 N–H and O–H groups in total. The van der Waals surface area contributed by atoms with Crippen LogP contribution in [0, 0.1) is 0 Å². The maximum absolute atomic E-state index is 13.0. The molecule has 2 fully saturated rings. The molecule has 0 amide bonds. The van der Waals surface area contributed by atoms with E-state index in [-0.39, 0.29) is 34.1 Å². The van der Waals surface area contributed by atoms with Crippen molar-refractivity contribution in [1.82, 2.24) is 39.0 Å². The number of nitrogens with zero attached hydrogens (tertiary/aromatic N) is 7. The van der Waals surface area contributed by atoms with Gasteiger partial charge in [0.15, 0.2) is 35.1 Å². The van der Waals surface area contributed by atoms with Crippen molar-refractivity contribution >= 4 is 50.6 Å². The Labute approximate surface area is 250 Å². The van der Waals surface area contributed by atoms with Crippen LogP contribution < -0.4 is 17.0 Å². The number of imidazole rings is 2. The quantitative estimate of drug-likeness (QED) is 0.0824. The first-order valence-corrected chi connectivity index (χ1v) is 14.9. The number of aliphatic hydroxyl groups excluding tert-OH is 4. The summed E-state index contributed by atoms with van der Waals surface area (Å²) < 4.78 is 45.5. The fraction of sp³-hybridized carbons (Fsp3) is 0.500. The zero-order chi connectivity index (χ0) is 32.6. The molecule has 9 atom stereocenters. The highest BCUT2D eigenvalue weighted by atomic mass is 31.2. The number of anilines is 2. The number of nitrogens with two attached hydrogens (primary N) is 2. The lowest BCUT2D eigenvalue weighted by atomic mass is 10.1. The number of fused-ring (bicyclic) bond motifs is 2. The largest absolute Gasteiger partial charge is 0.472 e. The Balaban J connectivity index is 0.00000128. The van der Waals surface area contributed by atoms with E-state index in [2.05, 4.69) is 29.9 Å². The normalized spacial score (nSPS) is 29.6. The second-order valence-corrected chi connectivity index (χ2v) is 11.1. The van der Waals surface area contributed by atoms with E-state index in [1.165, 1.54) is 17.2 Å². The predicted molar refractivity (Wildman–Crippen MR) is 146 cm³/mol. The molecule has 6 heterocycles. The van der Waals surface area contributed by atoms with Gasteiger partial charge in [-0.15, -0.1) is 0 Å². The third kappa shape index (κ3) is 6.29. The molecule has 2 saturated heterocycles. The van der Waals surface area contributed by atoms with Gasteiger partial charge in [-0.25, -0.2) is 29.1 Å². The Morgan fingerprint density at radius 1 is 0.978 bits per heavy atom. The highest BCUT2D eigenvalue weighted by Gasteiger charge is 2.50. The topological polar surface area (TPSA) is 352 Å². The first-order valence-electron chi connectivity index (χ1n) is 12.6. The van der Waals surface area contributed by atoms with E-state index in [0.717, 1.165) is 10.9 Å². The molecule has 4 aromatic rings. The van der Waals surface area contributed by atoms with E-state index in [1.54, 1.807) is 0 Å². The average Bonchev–Trinajstić information content (AvgIpc) is 3.74. The first kappa shape index (κ1) is 32.8. The Bertz CT molecular complexity index is 1790. The van der Waals surface area contributed by atoms with Gasteiger partial charge in [0.1, 0.15) is 48.5 Å². The van der Waals surface area contributed by atoms with Gasteiger partial charge in [0.25, 0.3) is 5.56 Å². The second kappa shape index (κ2) is 13.0. The Morgan fingerprint density at radius 2 is 1.62 bits per heavy atom. The third-order valence-electron chi connectivity index (χ3n) is 6.87. The Hall–Kier alpha value is -3.57. The maximum Gasteiger partial charge on any atom is 0.472 e. The molecule has 0 saturated carbocycles. The summed E-state index contributed by atoms with van der Waals surface area (Å²) in [6.07, 6.45) is -8.05. The van der Waals surface area contributed by atoms with Gasteiger partial charge >= 0.3 is 16.5 Å². The number of nitrogens with one attached hydrogen (secondary N) is 1. The fourth-order valence-electron chi connectivity index (χ4n) is 4.84. The number of phosphoric ester groups is 1. The maximum atomic E-state index is 13.0. The molecule has 2 aliphatic rings. The second-order valence-electron chi connectivity index (χ2n) is 9.56. The summed E-state index contributed by atoms with van der Waals surface area (Å²) in [5.74, 6) is -0.171. The van der Waals surface area contributed by atoms with E-state index >= 15 is 0 Å². The van der Waals surface area contributed by atoms with Crippen molar-refractivity contribution in [3.8, 4) is 0 Å². The van der Waals surface area contributed by atoms with E-state index < -0.39 is 84.4 Å². The van der Waals surface area contributed by atoms with Gasteiger partial charge in [0.05, 0.1) is 25.9 Å². The van der Waals surface area contributed by atoms with E-state index in [0.29, 0.717) is 0 Å². The molecule has 23 nitrogen and oxygen atoms in total. The minimum absolute atomic E-state index is 0.0830. The smallest absolute Gasteiger partial charge is 0.394 e. The summed E-state index contributed by atoms with van der Waals surface area (Å²) in [7, 11) is -5.89. The molecule has 0 aliphatic carbocycles. The summed E-state index contributed by atoms with van der Waals surface area (Å²) in [6.45, 7) is -1.44. The lowest BCUT2D eigenvalue weighted by Gasteiger charge is -2.24. The Kier molecular flexibility index (Phi) is 9.51. The lowest BCUT2D eigenvalue weighted by Crippen LogP contribution is -2.36. The molecular formula is C20H26N10O13P2. The number of hydrogen-bond donors (Lipinski definition) is 9. The molecule has 0 aromatic carbocycles. The molecule has 1 unspecified atom stereocenters. The van der Waals surface area contributed by atoms with Crippen molar-refractivity contribution in [1.29, 1.82) is 0 Å². The van der Waals surface area contributed by atoms with Crippen LogP contribution in [0.1, 0.15) is 12.5 Å². The SMILES string of the molecule is Nc1nc2c(ncn2[C@@H]2O[C@H](CO)[C@H](O)[C@H]2OP(=O)(O)OC[C@H]2O[C@@H](n3cnc4c(N)ncnc43)[C@H](O)[C@@H]2O)c(=O)[nH]1.O=PO. The van der Waals surface area contributed by atoms with Gasteiger partial charge in [-0.3, -0.25) is 28.0 Å². The molecule has 0 spiro atoms. The third-order valence-corrected chi connectivity index (χ3v) is 7.86. The fourth-order valence-corrected chi connectivity index (χ4v) is 5.77. The van der Waals surface area contributed by atoms with Crippen LogP contribution in [-0.2, 0) is 27.7 Å².